The number of nitrogens with one attached hydrogen (secondary N) is 1. The van der Waals surface area contributed by atoms with Crippen molar-refractivity contribution in [2.75, 3.05) is 46.5 Å². The van der Waals surface area contributed by atoms with Crippen molar-refractivity contribution in [3.05, 3.63) is 0 Å². The molecule has 2 N–H and O–H groups in total. The Bertz CT molecular complexity index is 602. The van der Waals surface area contributed by atoms with E-state index < -0.39 is 5.97 Å². The second-order valence-corrected chi connectivity index (χ2v) is 11.1. The number of carbonyl (C=O) groups is 3. The number of unbranched alkanes of at least 4 members (excludes halogenated alkanes) is 14. The van der Waals surface area contributed by atoms with Crippen LogP contribution in [0, 0.1) is 0 Å². The van der Waals surface area contributed by atoms with Crippen LogP contribution in [-0.4, -0.2) is 74.4 Å². The molecule has 0 unspecified atom stereocenters. The molecule has 0 aliphatic heterocycles. The Kier molecular flexibility index (Phi) is 29.0. The van der Waals surface area contributed by atoms with Gasteiger partial charge in [-0.3, -0.25) is 14.4 Å². The summed E-state index contributed by atoms with van der Waals surface area (Å²) in [7, 11) is 1.60. The van der Waals surface area contributed by atoms with Crippen LogP contribution in [0.5, 0.6) is 0 Å². The van der Waals surface area contributed by atoms with Gasteiger partial charge in [-0.05, 0) is 58.2 Å². The Hall–Kier alpha value is -1.67. The zero-order chi connectivity index (χ0) is 29.5. The summed E-state index contributed by atoms with van der Waals surface area (Å²) < 4.78 is 10.3. The number of amides is 1. The number of ether oxygens (including phenoxy) is 2. The maximum atomic E-state index is 11.9. The standard InChI is InChI=1S/C32H62N2O6/c1-3-4-5-6-7-14-19-28-40-32(38)22-16-11-9-13-18-26-34(25-17-12-8-10-15-21-31(36)37)27-20-24-33-30(35)23-29-39-2/h3-29H2,1-2H3,(H,33,35)(H,36,37). The predicted octanol–water partition coefficient (Wildman–Crippen LogP) is 6.89. The molecular weight excluding hydrogens is 508 g/mol. The molecule has 0 radical (unpaired) electrons. The molecule has 236 valence electrons. The first-order valence-electron chi connectivity index (χ1n) is 16.3. The van der Waals surface area contributed by atoms with Crippen LogP contribution in [0.3, 0.4) is 0 Å². The quantitative estimate of drug-likeness (QED) is 0.0690. The molecule has 0 aromatic carbocycles. The highest BCUT2D eigenvalue weighted by molar-refractivity contribution is 5.75. The molecule has 8 nitrogen and oxygen atoms in total. The minimum absolute atomic E-state index is 0.0384. The Labute approximate surface area is 245 Å². The predicted molar refractivity (Wildman–Crippen MR) is 163 cm³/mol. The van der Waals surface area contributed by atoms with Gasteiger partial charge in [0, 0.05) is 32.9 Å². The summed E-state index contributed by atoms with van der Waals surface area (Å²) in [6, 6.07) is 0. The van der Waals surface area contributed by atoms with Gasteiger partial charge < -0.3 is 24.8 Å². The lowest BCUT2D eigenvalue weighted by molar-refractivity contribution is -0.144. The summed E-state index contributed by atoms with van der Waals surface area (Å²) in [6.45, 7) is 7.00. The molecule has 0 heterocycles. The van der Waals surface area contributed by atoms with E-state index in [9.17, 15) is 14.4 Å². The molecule has 0 rings (SSSR count). The van der Waals surface area contributed by atoms with Gasteiger partial charge in [0.2, 0.25) is 5.91 Å². The van der Waals surface area contributed by atoms with Crippen molar-refractivity contribution in [1.82, 2.24) is 10.2 Å². The van der Waals surface area contributed by atoms with Crippen LogP contribution in [0.2, 0.25) is 0 Å². The van der Waals surface area contributed by atoms with Crippen LogP contribution in [0.4, 0.5) is 0 Å². The van der Waals surface area contributed by atoms with Gasteiger partial charge in [-0.25, -0.2) is 0 Å². The molecule has 0 aromatic heterocycles. The average molecular weight is 571 g/mol. The third-order valence-electron chi connectivity index (χ3n) is 7.24. The fourth-order valence-electron chi connectivity index (χ4n) is 4.74. The van der Waals surface area contributed by atoms with Crippen molar-refractivity contribution in [1.29, 1.82) is 0 Å². The number of carbonyl (C=O) groups excluding carboxylic acids is 2. The maximum absolute atomic E-state index is 11.9. The fraction of sp³-hybridized carbons (Fsp3) is 0.906. The van der Waals surface area contributed by atoms with E-state index >= 15 is 0 Å². The molecule has 0 aliphatic rings. The van der Waals surface area contributed by atoms with Crippen molar-refractivity contribution in [3.63, 3.8) is 0 Å². The smallest absolute Gasteiger partial charge is 0.305 e. The number of aliphatic carboxylic acids is 1. The summed E-state index contributed by atoms with van der Waals surface area (Å²) in [6.07, 6.45) is 21.2. The lowest BCUT2D eigenvalue weighted by atomic mass is 10.1. The molecule has 0 saturated carbocycles. The number of nitrogens with zero attached hydrogens (tertiary/aromatic N) is 1. The van der Waals surface area contributed by atoms with Crippen LogP contribution in [0.1, 0.15) is 142 Å². The fourth-order valence-corrected chi connectivity index (χ4v) is 4.74. The van der Waals surface area contributed by atoms with Crippen LogP contribution >= 0.6 is 0 Å². The highest BCUT2D eigenvalue weighted by atomic mass is 16.5. The summed E-state index contributed by atoms with van der Waals surface area (Å²) >= 11 is 0. The van der Waals surface area contributed by atoms with E-state index in [1.165, 1.54) is 32.1 Å². The van der Waals surface area contributed by atoms with Crippen molar-refractivity contribution in [2.24, 2.45) is 0 Å². The van der Waals surface area contributed by atoms with Gasteiger partial charge in [-0.2, -0.15) is 0 Å². The van der Waals surface area contributed by atoms with Gasteiger partial charge in [-0.1, -0.05) is 84.0 Å². The van der Waals surface area contributed by atoms with Gasteiger partial charge in [0.15, 0.2) is 0 Å². The maximum Gasteiger partial charge on any atom is 0.305 e. The highest BCUT2D eigenvalue weighted by Crippen LogP contribution is 2.11. The molecule has 0 aromatic rings. The highest BCUT2D eigenvalue weighted by Gasteiger charge is 2.07. The summed E-state index contributed by atoms with van der Waals surface area (Å²) in [4.78, 5) is 36.9. The van der Waals surface area contributed by atoms with Crippen molar-refractivity contribution >= 4 is 17.8 Å². The number of carboxylic acid groups (broad SMARTS) is 1. The van der Waals surface area contributed by atoms with Gasteiger partial charge >= 0.3 is 11.9 Å². The third-order valence-corrected chi connectivity index (χ3v) is 7.24. The van der Waals surface area contributed by atoms with E-state index in [-0.39, 0.29) is 18.3 Å². The molecule has 8 heteroatoms. The zero-order valence-corrected chi connectivity index (χ0v) is 26.0. The topological polar surface area (TPSA) is 105 Å². The van der Waals surface area contributed by atoms with Gasteiger partial charge in [0.1, 0.15) is 0 Å². The molecule has 0 atom stereocenters. The SMILES string of the molecule is CCCCCCCCCOC(=O)CCCCCCCN(CCCCCCCC(=O)O)CCCNC(=O)CCOC. The Morgan fingerprint density at radius 1 is 0.625 bits per heavy atom. The van der Waals surface area contributed by atoms with Gasteiger partial charge in [0.25, 0.3) is 0 Å². The minimum Gasteiger partial charge on any atom is -0.481 e. The first-order chi connectivity index (χ1) is 19.5. The number of carboxylic acids is 1. The number of rotatable bonds is 31. The second kappa shape index (κ2) is 30.3. The largest absolute Gasteiger partial charge is 0.481 e. The lowest BCUT2D eigenvalue weighted by Crippen LogP contribution is -2.31. The van der Waals surface area contributed by atoms with Crippen molar-refractivity contribution in [2.45, 2.75) is 142 Å². The summed E-state index contributed by atoms with van der Waals surface area (Å²) in [5.41, 5.74) is 0. The number of hydrogen-bond donors (Lipinski definition) is 2. The third kappa shape index (κ3) is 29.3. The Morgan fingerprint density at radius 2 is 1.15 bits per heavy atom. The van der Waals surface area contributed by atoms with E-state index in [1.54, 1.807) is 7.11 Å². The average Bonchev–Trinajstić information content (AvgIpc) is 2.93. The molecule has 0 bridgehead atoms. The Balaban J connectivity index is 3.95. The van der Waals surface area contributed by atoms with E-state index in [0.29, 0.717) is 32.6 Å². The van der Waals surface area contributed by atoms with Crippen LogP contribution in [0.25, 0.3) is 0 Å². The van der Waals surface area contributed by atoms with Crippen molar-refractivity contribution < 1.29 is 29.0 Å². The molecule has 0 fully saturated rings. The monoisotopic (exact) mass is 570 g/mol. The molecular formula is C32H62N2O6. The van der Waals surface area contributed by atoms with Gasteiger partial charge in [-0.15, -0.1) is 0 Å². The van der Waals surface area contributed by atoms with E-state index in [0.717, 1.165) is 103 Å². The number of hydrogen-bond acceptors (Lipinski definition) is 6. The first-order valence-corrected chi connectivity index (χ1v) is 16.3. The molecule has 0 aliphatic carbocycles. The minimum atomic E-state index is -0.709. The number of methoxy groups -OCH3 is 1. The van der Waals surface area contributed by atoms with Gasteiger partial charge in [0.05, 0.1) is 13.2 Å². The summed E-state index contributed by atoms with van der Waals surface area (Å²) in [5, 5.41) is 11.7. The van der Waals surface area contributed by atoms with E-state index in [1.807, 2.05) is 0 Å². The van der Waals surface area contributed by atoms with Crippen LogP contribution in [0.15, 0.2) is 0 Å². The zero-order valence-electron chi connectivity index (χ0n) is 26.0. The Morgan fingerprint density at radius 3 is 1.75 bits per heavy atom. The molecule has 0 saturated heterocycles. The van der Waals surface area contributed by atoms with Crippen molar-refractivity contribution in [3.8, 4) is 0 Å². The van der Waals surface area contributed by atoms with Crippen LogP contribution in [-0.2, 0) is 23.9 Å². The lowest BCUT2D eigenvalue weighted by Gasteiger charge is -2.22. The summed E-state index contributed by atoms with van der Waals surface area (Å²) in [5.74, 6) is -0.718. The van der Waals surface area contributed by atoms with Crippen LogP contribution < -0.4 is 5.32 Å². The van der Waals surface area contributed by atoms with E-state index in [2.05, 4.69) is 17.1 Å². The molecule has 40 heavy (non-hydrogen) atoms. The van der Waals surface area contributed by atoms with E-state index in [4.69, 9.17) is 14.6 Å². The second-order valence-electron chi connectivity index (χ2n) is 11.1. The molecule has 1 amide bonds. The molecule has 0 spiro atoms. The first kappa shape index (κ1) is 38.3. The normalized spacial score (nSPS) is 11.2. The number of esters is 1.